The number of para-hydroxylation sites is 1. The summed E-state index contributed by atoms with van der Waals surface area (Å²) in [6.07, 6.45) is 4.62. The number of likely N-dealkylation sites (tertiary alicyclic amines) is 1. The van der Waals surface area contributed by atoms with Gasteiger partial charge >= 0.3 is 0 Å². The van der Waals surface area contributed by atoms with Crippen LogP contribution < -0.4 is 11.1 Å². The summed E-state index contributed by atoms with van der Waals surface area (Å²) >= 11 is 0. The van der Waals surface area contributed by atoms with Crippen molar-refractivity contribution in [2.45, 2.75) is 52.1 Å². The fraction of sp³-hybridized carbons (Fsp3) is 0.524. The molecule has 0 spiro atoms. The maximum Gasteiger partial charge on any atom is 0.0989 e. The van der Waals surface area contributed by atoms with E-state index in [-0.39, 0.29) is 0 Å². The van der Waals surface area contributed by atoms with Crippen molar-refractivity contribution < 1.29 is 0 Å². The van der Waals surface area contributed by atoms with E-state index >= 15 is 0 Å². The number of nitrogens with two attached hydrogens (primary N) is 1. The number of nitrogens with zero attached hydrogens (tertiary/aromatic N) is 2. The summed E-state index contributed by atoms with van der Waals surface area (Å²) in [6.45, 7) is 12.7. The molecule has 0 aromatic heterocycles. The number of fused-ring (bicyclic) bond motifs is 1. The van der Waals surface area contributed by atoms with Gasteiger partial charge in [0, 0.05) is 43.6 Å². The predicted molar refractivity (Wildman–Crippen MR) is 106 cm³/mol. The topological polar surface area (TPSA) is 44.5 Å². The Balaban J connectivity index is 1.56. The van der Waals surface area contributed by atoms with Gasteiger partial charge in [0.2, 0.25) is 0 Å². The molecule has 4 heteroatoms. The summed E-state index contributed by atoms with van der Waals surface area (Å²) in [4.78, 5) is 4.94. The van der Waals surface area contributed by atoms with Crippen LogP contribution in [0.3, 0.4) is 0 Å². The van der Waals surface area contributed by atoms with Crippen molar-refractivity contribution >= 4 is 5.69 Å². The molecular formula is C21H32N4. The highest BCUT2D eigenvalue weighted by molar-refractivity contribution is 5.56. The average Bonchev–Trinajstić information content (AvgIpc) is 2.62. The molecule has 2 aliphatic heterocycles. The molecule has 1 saturated heterocycles. The molecule has 4 nitrogen and oxygen atoms in total. The highest BCUT2D eigenvalue weighted by Gasteiger charge is 2.28. The van der Waals surface area contributed by atoms with Crippen molar-refractivity contribution in [1.29, 1.82) is 0 Å². The molecule has 3 rings (SSSR count). The van der Waals surface area contributed by atoms with E-state index < -0.39 is 0 Å². The Morgan fingerprint density at radius 3 is 2.72 bits per heavy atom. The van der Waals surface area contributed by atoms with Crippen molar-refractivity contribution in [2.24, 2.45) is 5.73 Å². The largest absolute Gasteiger partial charge is 0.401 e. The third kappa shape index (κ3) is 4.18. The first-order valence-electron chi connectivity index (χ1n) is 9.55. The van der Waals surface area contributed by atoms with Crippen LogP contribution in [0.4, 0.5) is 5.69 Å². The van der Waals surface area contributed by atoms with Gasteiger partial charge in [0.1, 0.15) is 0 Å². The van der Waals surface area contributed by atoms with Gasteiger partial charge in [-0.05, 0) is 37.8 Å². The van der Waals surface area contributed by atoms with E-state index in [0.29, 0.717) is 6.04 Å². The minimum atomic E-state index is 0.562. The standard InChI is InChI=1S/C21H32N4/c1-4-7-16(2)20(22)15-24-12-10-19(11-13-24)25-14-18-8-5-6-9-21(18)23-17(25)3/h5-6,8-9,19,23H,3-4,7,10-15,22H2,1-2H3/b20-16+. The first-order valence-corrected chi connectivity index (χ1v) is 9.55. The molecule has 0 saturated carbocycles. The third-order valence-corrected chi connectivity index (χ3v) is 5.55. The Labute approximate surface area is 152 Å². The molecular weight excluding hydrogens is 308 g/mol. The Hall–Kier alpha value is -1.94. The molecule has 2 aliphatic rings. The first kappa shape index (κ1) is 17.9. The van der Waals surface area contributed by atoms with Crippen molar-refractivity contribution in [3.8, 4) is 0 Å². The fourth-order valence-electron chi connectivity index (χ4n) is 3.94. The van der Waals surface area contributed by atoms with E-state index in [1.165, 1.54) is 36.1 Å². The molecule has 1 aromatic rings. The number of nitrogens with one attached hydrogen (secondary N) is 1. The lowest BCUT2D eigenvalue weighted by molar-refractivity contribution is 0.133. The molecule has 1 fully saturated rings. The quantitative estimate of drug-likeness (QED) is 0.854. The van der Waals surface area contributed by atoms with Crippen molar-refractivity contribution in [1.82, 2.24) is 9.80 Å². The molecule has 0 bridgehead atoms. The van der Waals surface area contributed by atoms with Crippen molar-refractivity contribution in [3.05, 3.63) is 53.5 Å². The summed E-state index contributed by atoms with van der Waals surface area (Å²) in [6, 6.07) is 9.09. The monoisotopic (exact) mass is 340 g/mol. The van der Waals surface area contributed by atoms with Crippen molar-refractivity contribution in [3.63, 3.8) is 0 Å². The molecule has 0 radical (unpaired) electrons. The van der Waals surface area contributed by atoms with Gasteiger partial charge in [-0.2, -0.15) is 0 Å². The van der Waals surface area contributed by atoms with Crippen LogP contribution in [0.5, 0.6) is 0 Å². The molecule has 0 aliphatic carbocycles. The molecule has 2 heterocycles. The normalized spacial score (nSPS) is 20.1. The van der Waals surface area contributed by atoms with Crippen LogP contribution in [0.1, 0.15) is 45.1 Å². The van der Waals surface area contributed by atoms with Gasteiger partial charge in [-0.3, -0.25) is 4.90 Å². The first-order chi connectivity index (χ1) is 12.1. The second-order valence-electron chi connectivity index (χ2n) is 7.42. The second kappa shape index (κ2) is 7.96. The lowest BCUT2D eigenvalue weighted by atomic mass is 10.00. The molecule has 0 atom stereocenters. The van der Waals surface area contributed by atoms with Crippen LogP contribution in [0.25, 0.3) is 0 Å². The third-order valence-electron chi connectivity index (χ3n) is 5.55. The number of benzene rings is 1. The number of anilines is 1. The SMILES string of the molecule is C=C1Nc2ccccc2CN1C1CCN(C/C(N)=C(/C)CCC)CC1. The minimum Gasteiger partial charge on any atom is -0.401 e. The zero-order valence-corrected chi connectivity index (χ0v) is 15.7. The number of hydrogen-bond donors (Lipinski definition) is 2. The summed E-state index contributed by atoms with van der Waals surface area (Å²) < 4.78 is 0. The van der Waals surface area contributed by atoms with Crippen LogP contribution in [-0.4, -0.2) is 35.5 Å². The number of allylic oxidation sites excluding steroid dienone is 1. The Morgan fingerprint density at radius 2 is 2.00 bits per heavy atom. The molecule has 0 amide bonds. The fourth-order valence-corrected chi connectivity index (χ4v) is 3.94. The zero-order chi connectivity index (χ0) is 17.8. The van der Waals surface area contributed by atoms with Crippen LogP contribution in [-0.2, 0) is 6.54 Å². The molecule has 3 N–H and O–H groups in total. The zero-order valence-electron chi connectivity index (χ0n) is 15.7. The molecule has 136 valence electrons. The summed E-state index contributed by atoms with van der Waals surface area (Å²) in [5, 5.41) is 3.47. The number of hydrogen-bond acceptors (Lipinski definition) is 4. The van der Waals surface area contributed by atoms with Gasteiger partial charge in [-0.15, -0.1) is 0 Å². The number of piperidine rings is 1. The Kier molecular flexibility index (Phi) is 5.69. The van der Waals surface area contributed by atoms with E-state index in [4.69, 9.17) is 5.73 Å². The summed E-state index contributed by atoms with van der Waals surface area (Å²) in [5.41, 5.74) is 11.3. The van der Waals surface area contributed by atoms with E-state index in [2.05, 4.69) is 59.8 Å². The summed E-state index contributed by atoms with van der Waals surface area (Å²) in [7, 11) is 0. The van der Waals surface area contributed by atoms with Crippen LogP contribution in [0.15, 0.2) is 47.9 Å². The van der Waals surface area contributed by atoms with Gasteiger partial charge in [0.25, 0.3) is 0 Å². The minimum absolute atomic E-state index is 0.562. The van der Waals surface area contributed by atoms with Crippen molar-refractivity contribution in [2.75, 3.05) is 25.0 Å². The highest BCUT2D eigenvalue weighted by Crippen LogP contribution is 2.30. The van der Waals surface area contributed by atoms with Gasteiger partial charge in [-0.1, -0.05) is 43.7 Å². The summed E-state index contributed by atoms with van der Waals surface area (Å²) in [5.74, 6) is 1.04. The molecule has 0 unspecified atom stereocenters. The maximum absolute atomic E-state index is 6.29. The van der Waals surface area contributed by atoms with Gasteiger partial charge in [0.05, 0.1) is 5.82 Å². The van der Waals surface area contributed by atoms with E-state index in [1.807, 2.05) is 0 Å². The van der Waals surface area contributed by atoms with Crippen LogP contribution in [0.2, 0.25) is 0 Å². The molecule has 1 aromatic carbocycles. The van der Waals surface area contributed by atoms with Crippen LogP contribution >= 0.6 is 0 Å². The Bertz CT molecular complexity index is 641. The smallest absolute Gasteiger partial charge is 0.0989 e. The average molecular weight is 341 g/mol. The second-order valence-corrected chi connectivity index (χ2v) is 7.42. The van der Waals surface area contributed by atoms with Crippen LogP contribution in [0, 0.1) is 0 Å². The van der Waals surface area contributed by atoms with Gasteiger partial charge < -0.3 is 16.0 Å². The van der Waals surface area contributed by atoms with E-state index in [1.54, 1.807) is 0 Å². The lowest BCUT2D eigenvalue weighted by Gasteiger charge is -2.43. The van der Waals surface area contributed by atoms with Gasteiger partial charge in [0.15, 0.2) is 0 Å². The van der Waals surface area contributed by atoms with E-state index in [9.17, 15) is 0 Å². The van der Waals surface area contributed by atoms with E-state index in [0.717, 1.165) is 44.1 Å². The molecule has 25 heavy (non-hydrogen) atoms. The predicted octanol–water partition coefficient (Wildman–Crippen LogP) is 3.88. The highest BCUT2D eigenvalue weighted by atomic mass is 15.3. The maximum atomic E-state index is 6.29. The Morgan fingerprint density at radius 1 is 1.28 bits per heavy atom. The lowest BCUT2D eigenvalue weighted by Crippen LogP contribution is -2.47. The number of rotatable bonds is 5. The van der Waals surface area contributed by atoms with Gasteiger partial charge in [-0.25, -0.2) is 0 Å².